The summed E-state index contributed by atoms with van der Waals surface area (Å²) in [5.41, 5.74) is 5.86. The van der Waals surface area contributed by atoms with Crippen LogP contribution in [0.25, 0.3) is 10.4 Å². The van der Waals surface area contributed by atoms with E-state index < -0.39 is 0 Å². The van der Waals surface area contributed by atoms with Gasteiger partial charge in [0.2, 0.25) is 0 Å². The first-order chi connectivity index (χ1) is 10.7. The van der Waals surface area contributed by atoms with Crippen molar-refractivity contribution in [3.63, 3.8) is 0 Å². The quantitative estimate of drug-likeness (QED) is 0.660. The van der Waals surface area contributed by atoms with Crippen molar-refractivity contribution >= 4 is 11.3 Å². The summed E-state index contributed by atoms with van der Waals surface area (Å²) < 4.78 is 0. The number of rotatable bonds is 4. The van der Waals surface area contributed by atoms with Crippen LogP contribution >= 0.6 is 11.3 Å². The van der Waals surface area contributed by atoms with Gasteiger partial charge in [0.15, 0.2) is 0 Å². The molecule has 0 bridgehead atoms. The van der Waals surface area contributed by atoms with Crippen LogP contribution in [0.3, 0.4) is 0 Å². The maximum absolute atomic E-state index is 4.12. The number of aryl methyl sites for hydroxylation is 1. The first kappa shape index (κ1) is 15.2. The van der Waals surface area contributed by atoms with Crippen molar-refractivity contribution in [1.82, 2.24) is 4.98 Å². The lowest BCUT2D eigenvalue weighted by atomic mass is 9.86. The van der Waals surface area contributed by atoms with E-state index in [9.17, 15) is 0 Å². The minimum Gasteiger partial charge on any atom is -0.265 e. The molecule has 0 aliphatic heterocycles. The minimum atomic E-state index is 0.520. The molecule has 2 heterocycles. The van der Waals surface area contributed by atoms with Crippen molar-refractivity contribution in [2.75, 3.05) is 0 Å². The Kier molecular flexibility index (Phi) is 4.58. The number of hydrogen-bond acceptors (Lipinski definition) is 2. The summed E-state index contributed by atoms with van der Waals surface area (Å²) >= 11 is 1.94. The van der Waals surface area contributed by atoms with Crippen LogP contribution in [0.15, 0.2) is 53.9 Å². The van der Waals surface area contributed by atoms with Gasteiger partial charge < -0.3 is 0 Å². The third kappa shape index (κ3) is 3.07. The highest BCUT2D eigenvalue weighted by Gasteiger charge is 2.19. The first-order valence-electron chi connectivity index (χ1n) is 8.08. The largest absolute Gasteiger partial charge is 0.265 e. The highest BCUT2D eigenvalue weighted by molar-refractivity contribution is 7.15. The maximum Gasteiger partial charge on any atom is 0.0349 e. The predicted molar refractivity (Wildman–Crippen MR) is 96.4 cm³/mol. The lowest BCUT2D eigenvalue weighted by molar-refractivity contribution is 0.777. The third-order valence-electron chi connectivity index (χ3n) is 4.54. The normalized spacial score (nSPS) is 16.1. The van der Waals surface area contributed by atoms with E-state index in [-0.39, 0.29) is 0 Å². The van der Waals surface area contributed by atoms with Gasteiger partial charge in [-0.3, -0.25) is 4.98 Å². The molecule has 114 valence electrons. The van der Waals surface area contributed by atoms with Gasteiger partial charge in [0.25, 0.3) is 0 Å². The van der Waals surface area contributed by atoms with Crippen LogP contribution < -0.4 is 0 Å². The van der Waals surface area contributed by atoms with Crippen LogP contribution in [0, 0.1) is 0 Å². The molecule has 0 saturated heterocycles. The average molecular weight is 309 g/mol. The van der Waals surface area contributed by atoms with Crippen molar-refractivity contribution < 1.29 is 0 Å². The molecular formula is C20H23NS. The van der Waals surface area contributed by atoms with E-state index in [1.165, 1.54) is 39.3 Å². The number of thiophene rings is 1. The average Bonchev–Trinajstić information content (AvgIpc) is 3.00. The molecule has 1 aliphatic rings. The third-order valence-corrected chi connectivity index (χ3v) is 5.88. The number of pyridine rings is 1. The molecule has 0 radical (unpaired) electrons. The van der Waals surface area contributed by atoms with Gasteiger partial charge in [-0.1, -0.05) is 37.1 Å². The fraction of sp³-hybridized carbons (Fsp3) is 0.350. The van der Waals surface area contributed by atoms with E-state index >= 15 is 0 Å². The van der Waals surface area contributed by atoms with Crippen molar-refractivity contribution in [1.29, 1.82) is 0 Å². The highest BCUT2D eigenvalue weighted by Crippen LogP contribution is 2.39. The fourth-order valence-electron chi connectivity index (χ4n) is 3.06. The van der Waals surface area contributed by atoms with Gasteiger partial charge in [0, 0.05) is 28.1 Å². The number of aromatic nitrogens is 1. The molecule has 0 N–H and O–H groups in total. The molecule has 2 aromatic rings. The van der Waals surface area contributed by atoms with Gasteiger partial charge in [-0.05, 0) is 55.5 Å². The Bertz CT molecular complexity index is 707. The van der Waals surface area contributed by atoms with Crippen molar-refractivity contribution in [2.45, 2.75) is 46.0 Å². The highest BCUT2D eigenvalue weighted by atomic mass is 32.1. The van der Waals surface area contributed by atoms with E-state index in [1.54, 1.807) is 5.57 Å². The van der Waals surface area contributed by atoms with Crippen LogP contribution in [0.5, 0.6) is 0 Å². The molecule has 2 heteroatoms. The molecular weight excluding hydrogens is 286 g/mol. The second kappa shape index (κ2) is 6.62. The molecule has 1 nitrogen and oxygen atoms in total. The molecule has 1 aliphatic carbocycles. The van der Waals surface area contributed by atoms with Gasteiger partial charge in [-0.25, -0.2) is 0 Å². The van der Waals surface area contributed by atoms with E-state index in [0.29, 0.717) is 5.92 Å². The van der Waals surface area contributed by atoms with Gasteiger partial charge in [-0.15, -0.1) is 11.3 Å². The van der Waals surface area contributed by atoms with E-state index in [2.05, 4.69) is 56.1 Å². The molecule has 3 rings (SSSR count). The fourth-order valence-corrected chi connectivity index (χ4v) is 4.27. The van der Waals surface area contributed by atoms with Crippen LogP contribution in [0.1, 0.15) is 50.0 Å². The number of hydrogen-bond donors (Lipinski definition) is 0. The molecule has 2 aromatic heterocycles. The Balaban J connectivity index is 1.95. The topological polar surface area (TPSA) is 12.9 Å². The second-order valence-corrected chi connectivity index (χ2v) is 7.19. The molecule has 0 aromatic carbocycles. The first-order valence-corrected chi connectivity index (χ1v) is 8.90. The Hall–Kier alpha value is -1.67. The van der Waals surface area contributed by atoms with Gasteiger partial charge in [0.05, 0.1) is 0 Å². The molecule has 22 heavy (non-hydrogen) atoms. The van der Waals surface area contributed by atoms with Crippen LogP contribution in [-0.2, 0) is 6.42 Å². The predicted octanol–water partition coefficient (Wildman–Crippen LogP) is 6.14. The zero-order valence-electron chi connectivity index (χ0n) is 13.6. The van der Waals surface area contributed by atoms with Crippen molar-refractivity contribution in [3.8, 4) is 10.4 Å². The summed E-state index contributed by atoms with van der Waals surface area (Å²) in [4.78, 5) is 7.01. The van der Waals surface area contributed by atoms with Gasteiger partial charge >= 0.3 is 0 Å². The van der Waals surface area contributed by atoms with Crippen LogP contribution in [0.4, 0.5) is 0 Å². The molecule has 1 atom stereocenters. The van der Waals surface area contributed by atoms with Crippen LogP contribution in [0.2, 0.25) is 0 Å². The lowest BCUT2D eigenvalue weighted by Crippen LogP contribution is -2.02. The summed E-state index contributed by atoms with van der Waals surface area (Å²) in [5, 5.41) is 0. The summed E-state index contributed by atoms with van der Waals surface area (Å²) in [5.74, 6) is 0.520. The van der Waals surface area contributed by atoms with Crippen molar-refractivity contribution in [3.05, 3.63) is 64.3 Å². The standard InChI is InChI=1S/C20H23NS/c1-4-19-18(15(3)16-7-5-14(2)6-8-16)13-20(22-19)17-9-11-21-12-10-17/h5,7,9-13,15H,4,6,8H2,1-3H3. The van der Waals surface area contributed by atoms with E-state index in [4.69, 9.17) is 0 Å². The Morgan fingerprint density at radius 3 is 2.59 bits per heavy atom. The molecule has 0 saturated carbocycles. The lowest BCUT2D eigenvalue weighted by Gasteiger charge is -2.19. The van der Waals surface area contributed by atoms with E-state index in [1.807, 2.05) is 23.7 Å². The zero-order valence-corrected chi connectivity index (χ0v) is 14.4. The SMILES string of the molecule is CCc1sc(-c2ccncc2)cc1C(C)C1=CC=C(C)CC1. The Morgan fingerprint density at radius 2 is 1.95 bits per heavy atom. The summed E-state index contributed by atoms with van der Waals surface area (Å²) in [6, 6.07) is 6.60. The monoisotopic (exact) mass is 309 g/mol. The smallest absolute Gasteiger partial charge is 0.0349 e. The number of allylic oxidation sites excluding steroid dienone is 4. The van der Waals surface area contributed by atoms with Gasteiger partial charge in [0.1, 0.15) is 0 Å². The second-order valence-electron chi connectivity index (χ2n) is 6.05. The van der Waals surface area contributed by atoms with Gasteiger partial charge in [-0.2, -0.15) is 0 Å². The Labute approximate surface area is 137 Å². The van der Waals surface area contributed by atoms with Crippen LogP contribution in [-0.4, -0.2) is 4.98 Å². The summed E-state index contributed by atoms with van der Waals surface area (Å²) in [6.07, 6.45) is 11.9. The molecule has 0 fully saturated rings. The number of nitrogens with zero attached hydrogens (tertiary/aromatic N) is 1. The summed E-state index contributed by atoms with van der Waals surface area (Å²) in [7, 11) is 0. The Morgan fingerprint density at radius 1 is 1.18 bits per heavy atom. The zero-order chi connectivity index (χ0) is 15.5. The minimum absolute atomic E-state index is 0.520. The van der Waals surface area contributed by atoms with E-state index in [0.717, 1.165) is 6.42 Å². The summed E-state index contributed by atoms with van der Waals surface area (Å²) in [6.45, 7) is 6.84. The molecule has 0 amide bonds. The maximum atomic E-state index is 4.12. The molecule has 0 spiro atoms. The molecule has 1 unspecified atom stereocenters. The van der Waals surface area contributed by atoms with Crippen molar-refractivity contribution in [2.24, 2.45) is 0 Å².